The van der Waals surface area contributed by atoms with Crippen molar-refractivity contribution in [3.8, 4) is 0 Å². The highest BCUT2D eigenvalue weighted by molar-refractivity contribution is 5.95. The summed E-state index contributed by atoms with van der Waals surface area (Å²) < 4.78 is 0. The molecule has 5 nitrogen and oxygen atoms in total. The van der Waals surface area contributed by atoms with Gasteiger partial charge in [-0.1, -0.05) is 0 Å². The fourth-order valence-corrected chi connectivity index (χ4v) is 2.26. The number of rotatable bonds is 3. The Labute approximate surface area is 114 Å². The highest BCUT2D eigenvalue weighted by Gasteiger charge is 2.34. The number of piperidine rings is 1. The maximum Gasteiger partial charge on any atom is 0.231 e. The highest BCUT2D eigenvalue weighted by Crippen LogP contribution is 2.27. The molecule has 0 radical (unpaired) electrons. The first-order valence-electron chi connectivity index (χ1n) is 6.67. The first kappa shape index (κ1) is 13.8. The van der Waals surface area contributed by atoms with Gasteiger partial charge in [-0.25, -0.2) is 4.98 Å². The minimum atomic E-state index is -0.321. The molecule has 19 heavy (non-hydrogen) atoms. The van der Waals surface area contributed by atoms with E-state index in [4.69, 9.17) is 0 Å². The summed E-state index contributed by atoms with van der Waals surface area (Å²) >= 11 is 0. The van der Waals surface area contributed by atoms with Crippen LogP contribution in [-0.4, -0.2) is 38.1 Å². The first-order valence-corrected chi connectivity index (χ1v) is 6.67. The molecule has 1 fully saturated rings. The molecule has 0 spiro atoms. The molecule has 1 atom stereocenters. The van der Waals surface area contributed by atoms with Crippen LogP contribution < -0.4 is 15.5 Å². The molecule has 1 unspecified atom stereocenters. The third-order valence-electron chi connectivity index (χ3n) is 3.61. The van der Waals surface area contributed by atoms with Crippen LogP contribution in [0.15, 0.2) is 18.3 Å². The van der Waals surface area contributed by atoms with Crippen molar-refractivity contribution in [1.29, 1.82) is 0 Å². The molecule has 0 bridgehead atoms. The van der Waals surface area contributed by atoms with Gasteiger partial charge in [-0.05, 0) is 38.4 Å². The van der Waals surface area contributed by atoms with Crippen LogP contribution in [0.4, 0.5) is 11.5 Å². The lowest BCUT2D eigenvalue weighted by molar-refractivity contribution is -0.125. The van der Waals surface area contributed by atoms with Gasteiger partial charge in [-0.3, -0.25) is 4.79 Å². The maximum atomic E-state index is 12.3. The fraction of sp³-hybridized carbons (Fsp3) is 0.571. The molecule has 0 aromatic carbocycles. The van der Waals surface area contributed by atoms with Crippen molar-refractivity contribution < 1.29 is 4.79 Å². The van der Waals surface area contributed by atoms with Gasteiger partial charge in [0.25, 0.3) is 0 Å². The third kappa shape index (κ3) is 3.23. The van der Waals surface area contributed by atoms with Crippen LogP contribution in [0.2, 0.25) is 0 Å². The number of nitrogens with zero attached hydrogens (tertiary/aromatic N) is 2. The second-order valence-electron chi connectivity index (χ2n) is 5.59. The fourth-order valence-electron chi connectivity index (χ4n) is 2.26. The predicted molar refractivity (Wildman–Crippen MR) is 77.4 cm³/mol. The molecule has 1 saturated heterocycles. The molecule has 1 aromatic rings. The Morgan fingerprint density at radius 2 is 2.26 bits per heavy atom. The van der Waals surface area contributed by atoms with Crippen LogP contribution in [0.5, 0.6) is 0 Å². The number of carbonyl (C=O) groups excluding carboxylic acids is 1. The molecule has 1 amide bonds. The van der Waals surface area contributed by atoms with E-state index in [9.17, 15) is 4.79 Å². The monoisotopic (exact) mass is 262 g/mol. The lowest BCUT2D eigenvalue weighted by Gasteiger charge is -2.32. The molecule has 104 valence electrons. The molecule has 2 N–H and O–H groups in total. The molecular formula is C14H22N4O. The van der Waals surface area contributed by atoms with E-state index in [1.807, 2.05) is 38.1 Å². The quantitative estimate of drug-likeness (QED) is 0.866. The SMILES string of the molecule is CN(C)c1ccc(NC(=O)C2(C)CCCNC2)cn1. The average Bonchev–Trinajstić information content (AvgIpc) is 2.40. The van der Waals surface area contributed by atoms with Crippen molar-refractivity contribution in [3.63, 3.8) is 0 Å². The zero-order chi connectivity index (χ0) is 13.9. The summed E-state index contributed by atoms with van der Waals surface area (Å²) in [5, 5.41) is 6.24. The van der Waals surface area contributed by atoms with Gasteiger partial charge < -0.3 is 15.5 Å². The molecular weight excluding hydrogens is 240 g/mol. The van der Waals surface area contributed by atoms with Crippen molar-refractivity contribution >= 4 is 17.4 Å². The van der Waals surface area contributed by atoms with Gasteiger partial charge in [0.15, 0.2) is 0 Å². The van der Waals surface area contributed by atoms with E-state index in [0.717, 1.165) is 37.4 Å². The van der Waals surface area contributed by atoms with E-state index >= 15 is 0 Å². The van der Waals surface area contributed by atoms with E-state index in [2.05, 4.69) is 15.6 Å². The van der Waals surface area contributed by atoms with E-state index in [1.54, 1.807) is 6.20 Å². The zero-order valence-electron chi connectivity index (χ0n) is 11.9. The Kier molecular flexibility index (Phi) is 4.04. The van der Waals surface area contributed by atoms with Crippen LogP contribution in [0, 0.1) is 5.41 Å². The summed E-state index contributed by atoms with van der Waals surface area (Å²) in [6.45, 7) is 3.75. The van der Waals surface area contributed by atoms with Crippen molar-refractivity contribution in [2.45, 2.75) is 19.8 Å². The maximum absolute atomic E-state index is 12.3. The third-order valence-corrected chi connectivity index (χ3v) is 3.61. The van der Waals surface area contributed by atoms with Crippen LogP contribution >= 0.6 is 0 Å². The van der Waals surface area contributed by atoms with Gasteiger partial charge in [0.1, 0.15) is 5.82 Å². The molecule has 5 heteroatoms. The number of aromatic nitrogens is 1. The Balaban J connectivity index is 2.02. The molecule has 2 rings (SSSR count). The van der Waals surface area contributed by atoms with E-state index in [1.165, 1.54) is 0 Å². The van der Waals surface area contributed by atoms with Gasteiger partial charge in [-0.15, -0.1) is 0 Å². The lowest BCUT2D eigenvalue weighted by atomic mass is 9.82. The number of hydrogen-bond donors (Lipinski definition) is 2. The standard InChI is InChI=1S/C14H22N4O/c1-14(7-4-8-15-10-14)13(19)17-11-5-6-12(16-9-11)18(2)3/h5-6,9,15H,4,7-8,10H2,1-3H3,(H,17,19). The lowest BCUT2D eigenvalue weighted by Crippen LogP contribution is -2.46. The van der Waals surface area contributed by atoms with Crippen molar-refractivity contribution in [2.75, 3.05) is 37.4 Å². The van der Waals surface area contributed by atoms with E-state index < -0.39 is 0 Å². The van der Waals surface area contributed by atoms with Gasteiger partial charge >= 0.3 is 0 Å². The minimum absolute atomic E-state index is 0.0686. The summed E-state index contributed by atoms with van der Waals surface area (Å²) in [5.74, 6) is 0.947. The molecule has 2 heterocycles. The van der Waals surface area contributed by atoms with E-state index in [0.29, 0.717) is 0 Å². The van der Waals surface area contributed by atoms with Crippen LogP contribution in [0.25, 0.3) is 0 Å². The second-order valence-corrected chi connectivity index (χ2v) is 5.59. The summed E-state index contributed by atoms with van der Waals surface area (Å²) in [7, 11) is 3.88. The zero-order valence-corrected chi connectivity index (χ0v) is 11.9. The summed E-state index contributed by atoms with van der Waals surface area (Å²) in [4.78, 5) is 18.5. The van der Waals surface area contributed by atoms with Crippen molar-refractivity contribution in [1.82, 2.24) is 10.3 Å². The number of amides is 1. The summed E-state index contributed by atoms with van der Waals surface area (Å²) in [6, 6.07) is 3.79. The first-order chi connectivity index (χ1) is 9.01. The average molecular weight is 262 g/mol. The van der Waals surface area contributed by atoms with Crippen LogP contribution in [-0.2, 0) is 4.79 Å². The predicted octanol–water partition coefficient (Wildman–Crippen LogP) is 1.48. The number of pyridine rings is 1. The molecule has 1 aliphatic rings. The van der Waals surface area contributed by atoms with Gasteiger partial charge in [0.2, 0.25) is 5.91 Å². The van der Waals surface area contributed by atoms with Crippen LogP contribution in [0.3, 0.4) is 0 Å². The van der Waals surface area contributed by atoms with Crippen LogP contribution in [0.1, 0.15) is 19.8 Å². The number of nitrogens with one attached hydrogen (secondary N) is 2. The molecule has 1 aromatic heterocycles. The van der Waals surface area contributed by atoms with Crippen molar-refractivity contribution in [2.24, 2.45) is 5.41 Å². The van der Waals surface area contributed by atoms with Gasteiger partial charge in [-0.2, -0.15) is 0 Å². The Morgan fingerprint density at radius 3 is 2.79 bits per heavy atom. The topological polar surface area (TPSA) is 57.3 Å². The number of anilines is 2. The number of hydrogen-bond acceptors (Lipinski definition) is 4. The Morgan fingerprint density at radius 1 is 1.47 bits per heavy atom. The number of carbonyl (C=O) groups is 1. The minimum Gasteiger partial charge on any atom is -0.363 e. The van der Waals surface area contributed by atoms with E-state index in [-0.39, 0.29) is 11.3 Å². The van der Waals surface area contributed by atoms with Gasteiger partial charge in [0.05, 0.1) is 17.3 Å². The molecule has 1 aliphatic heterocycles. The summed E-state index contributed by atoms with van der Waals surface area (Å²) in [5.41, 5.74) is 0.431. The Bertz CT molecular complexity index is 435. The summed E-state index contributed by atoms with van der Waals surface area (Å²) in [6.07, 6.45) is 3.67. The Hall–Kier alpha value is -1.62. The molecule has 0 saturated carbocycles. The molecule has 0 aliphatic carbocycles. The largest absolute Gasteiger partial charge is 0.363 e. The highest BCUT2D eigenvalue weighted by atomic mass is 16.2. The smallest absolute Gasteiger partial charge is 0.231 e. The van der Waals surface area contributed by atoms with Gasteiger partial charge in [0, 0.05) is 20.6 Å². The second kappa shape index (κ2) is 5.57. The normalized spacial score (nSPS) is 22.9. The van der Waals surface area contributed by atoms with Crippen molar-refractivity contribution in [3.05, 3.63) is 18.3 Å².